The standard InChI is InChI=1S/C15H24N2/c1-11-7-12(2)9-15(8-11)17-13(3)14-5-4-6-16-10-14/h4-6,10-13,15,17H,7-9H2,1-3H3. The first-order chi connectivity index (χ1) is 8.15. The summed E-state index contributed by atoms with van der Waals surface area (Å²) in [6.07, 6.45) is 7.82. The van der Waals surface area contributed by atoms with E-state index in [2.05, 4.69) is 37.1 Å². The second-order valence-electron chi connectivity index (χ2n) is 5.79. The Hall–Kier alpha value is -0.890. The van der Waals surface area contributed by atoms with Crippen molar-refractivity contribution in [2.75, 3.05) is 0 Å². The van der Waals surface area contributed by atoms with Crippen LogP contribution in [0, 0.1) is 11.8 Å². The summed E-state index contributed by atoms with van der Waals surface area (Å²) < 4.78 is 0. The van der Waals surface area contributed by atoms with Crippen LogP contribution in [0.4, 0.5) is 0 Å². The van der Waals surface area contributed by atoms with Crippen molar-refractivity contribution in [3.05, 3.63) is 30.1 Å². The second-order valence-corrected chi connectivity index (χ2v) is 5.79. The molecular formula is C15H24N2. The predicted octanol–water partition coefficient (Wildman–Crippen LogP) is 3.56. The fourth-order valence-corrected chi connectivity index (χ4v) is 3.16. The van der Waals surface area contributed by atoms with Crippen molar-refractivity contribution in [2.45, 2.75) is 52.1 Å². The third-order valence-electron chi connectivity index (χ3n) is 3.85. The zero-order chi connectivity index (χ0) is 12.3. The fraction of sp³-hybridized carbons (Fsp3) is 0.667. The Balaban J connectivity index is 1.92. The Morgan fingerprint density at radius 1 is 1.24 bits per heavy atom. The highest BCUT2D eigenvalue weighted by Crippen LogP contribution is 2.29. The van der Waals surface area contributed by atoms with Crippen LogP contribution < -0.4 is 5.32 Å². The van der Waals surface area contributed by atoms with Gasteiger partial charge in [0.25, 0.3) is 0 Å². The lowest BCUT2D eigenvalue weighted by molar-refractivity contribution is 0.228. The summed E-state index contributed by atoms with van der Waals surface area (Å²) in [6, 6.07) is 5.25. The summed E-state index contributed by atoms with van der Waals surface area (Å²) >= 11 is 0. The van der Waals surface area contributed by atoms with Crippen LogP contribution in [0.3, 0.4) is 0 Å². The highest BCUT2D eigenvalue weighted by atomic mass is 14.9. The molecule has 1 aromatic rings. The molecule has 1 N–H and O–H groups in total. The molecule has 0 saturated heterocycles. The summed E-state index contributed by atoms with van der Waals surface area (Å²) in [7, 11) is 0. The van der Waals surface area contributed by atoms with Crippen molar-refractivity contribution in [3.63, 3.8) is 0 Å². The largest absolute Gasteiger partial charge is 0.307 e. The number of nitrogens with zero attached hydrogens (tertiary/aromatic N) is 1. The van der Waals surface area contributed by atoms with Gasteiger partial charge in [-0.25, -0.2) is 0 Å². The summed E-state index contributed by atoms with van der Waals surface area (Å²) in [5.41, 5.74) is 1.29. The first-order valence-electron chi connectivity index (χ1n) is 6.81. The first-order valence-corrected chi connectivity index (χ1v) is 6.81. The van der Waals surface area contributed by atoms with E-state index in [0.29, 0.717) is 12.1 Å². The van der Waals surface area contributed by atoms with Crippen molar-refractivity contribution in [2.24, 2.45) is 11.8 Å². The van der Waals surface area contributed by atoms with E-state index in [-0.39, 0.29) is 0 Å². The van der Waals surface area contributed by atoms with E-state index in [4.69, 9.17) is 0 Å². The lowest BCUT2D eigenvalue weighted by Crippen LogP contribution is -2.37. The number of hydrogen-bond acceptors (Lipinski definition) is 2. The zero-order valence-corrected chi connectivity index (χ0v) is 11.2. The van der Waals surface area contributed by atoms with Crippen molar-refractivity contribution in [1.82, 2.24) is 10.3 Å². The molecular weight excluding hydrogens is 208 g/mol. The number of nitrogens with one attached hydrogen (secondary N) is 1. The summed E-state index contributed by atoms with van der Waals surface area (Å²) in [5.74, 6) is 1.72. The maximum atomic E-state index is 4.19. The monoisotopic (exact) mass is 232 g/mol. The van der Waals surface area contributed by atoms with Gasteiger partial charge in [0.15, 0.2) is 0 Å². The van der Waals surface area contributed by atoms with Crippen molar-refractivity contribution in [3.8, 4) is 0 Å². The van der Waals surface area contributed by atoms with E-state index in [9.17, 15) is 0 Å². The van der Waals surface area contributed by atoms with E-state index in [1.807, 2.05) is 18.5 Å². The summed E-state index contributed by atoms with van der Waals surface area (Å²) in [6.45, 7) is 6.99. The summed E-state index contributed by atoms with van der Waals surface area (Å²) in [4.78, 5) is 4.19. The lowest BCUT2D eigenvalue weighted by Gasteiger charge is -2.34. The maximum absolute atomic E-state index is 4.19. The van der Waals surface area contributed by atoms with E-state index < -0.39 is 0 Å². The van der Waals surface area contributed by atoms with Gasteiger partial charge < -0.3 is 5.32 Å². The molecule has 2 rings (SSSR count). The number of rotatable bonds is 3. The average Bonchev–Trinajstić information content (AvgIpc) is 2.28. The molecule has 1 aliphatic carbocycles. The van der Waals surface area contributed by atoms with Gasteiger partial charge in [-0.15, -0.1) is 0 Å². The molecule has 17 heavy (non-hydrogen) atoms. The van der Waals surface area contributed by atoms with Gasteiger partial charge in [-0.3, -0.25) is 4.98 Å². The van der Waals surface area contributed by atoms with Gasteiger partial charge in [0.1, 0.15) is 0 Å². The van der Waals surface area contributed by atoms with Crippen LogP contribution in [-0.2, 0) is 0 Å². The fourth-order valence-electron chi connectivity index (χ4n) is 3.16. The maximum Gasteiger partial charge on any atom is 0.0315 e. The minimum absolute atomic E-state index is 0.409. The predicted molar refractivity (Wildman–Crippen MR) is 71.8 cm³/mol. The Labute approximate surface area is 105 Å². The minimum Gasteiger partial charge on any atom is -0.307 e. The highest BCUT2D eigenvalue weighted by molar-refractivity contribution is 5.13. The first kappa shape index (κ1) is 12.6. The molecule has 2 heteroatoms. The molecule has 1 aliphatic rings. The highest BCUT2D eigenvalue weighted by Gasteiger charge is 2.24. The topological polar surface area (TPSA) is 24.9 Å². The Morgan fingerprint density at radius 2 is 1.94 bits per heavy atom. The number of hydrogen-bond donors (Lipinski definition) is 1. The van der Waals surface area contributed by atoms with Crippen molar-refractivity contribution >= 4 is 0 Å². The smallest absolute Gasteiger partial charge is 0.0315 e. The molecule has 0 spiro atoms. The van der Waals surface area contributed by atoms with Crippen LogP contribution in [0.2, 0.25) is 0 Å². The van der Waals surface area contributed by atoms with Crippen LogP contribution >= 0.6 is 0 Å². The van der Waals surface area contributed by atoms with Gasteiger partial charge in [-0.05, 0) is 49.7 Å². The van der Waals surface area contributed by atoms with Crippen LogP contribution in [0.15, 0.2) is 24.5 Å². The molecule has 1 heterocycles. The molecule has 94 valence electrons. The molecule has 2 nitrogen and oxygen atoms in total. The molecule has 0 radical (unpaired) electrons. The molecule has 0 amide bonds. The van der Waals surface area contributed by atoms with E-state index in [1.54, 1.807) is 0 Å². The van der Waals surface area contributed by atoms with Crippen molar-refractivity contribution in [1.29, 1.82) is 0 Å². The van der Waals surface area contributed by atoms with Crippen LogP contribution in [0.25, 0.3) is 0 Å². The van der Waals surface area contributed by atoms with E-state index in [0.717, 1.165) is 11.8 Å². The Morgan fingerprint density at radius 3 is 2.53 bits per heavy atom. The van der Waals surface area contributed by atoms with Crippen molar-refractivity contribution < 1.29 is 0 Å². The van der Waals surface area contributed by atoms with Gasteiger partial charge in [0, 0.05) is 24.5 Å². The van der Waals surface area contributed by atoms with Gasteiger partial charge >= 0.3 is 0 Å². The molecule has 0 aromatic carbocycles. The summed E-state index contributed by atoms with van der Waals surface area (Å²) in [5, 5.41) is 3.76. The van der Waals surface area contributed by atoms with Crippen LogP contribution in [0.5, 0.6) is 0 Å². The van der Waals surface area contributed by atoms with Gasteiger partial charge in [0.05, 0.1) is 0 Å². The molecule has 1 aromatic heterocycles. The molecule has 3 atom stereocenters. The average molecular weight is 232 g/mol. The molecule has 0 aliphatic heterocycles. The number of pyridine rings is 1. The van der Waals surface area contributed by atoms with Gasteiger partial charge in [0.2, 0.25) is 0 Å². The lowest BCUT2D eigenvalue weighted by atomic mass is 9.80. The molecule has 1 saturated carbocycles. The number of aromatic nitrogens is 1. The molecule has 3 unspecified atom stereocenters. The van der Waals surface area contributed by atoms with E-state index in [1.165, 1.54) is 24.8 Å². The minimum atomic E-state index is 0.409. The SMILES string of the molecule is CC1CC(C)CC(NC(C)c2cccnc2)C1. The van der Waals surface area contributed by atoms with Gasteiger partial charge in [-0.2, -0.15) is 0 Å². The van der Waals surface area contributed by atoms with Crippen LogP contribution in [0.1, 0.15) is 51.6 Å². The zero-order valence-electron chi connectivity index (χ0n) is 11.2. The quantitative estimate of drug-likeness (QED) is 0.862. The Bertz CT molecular complexity index is 326. The van der Waals surface area contributed by atoms with Crippen LogP contribution in [-0.4, -0.2) is 11.0 Å². The van der Waals surface area contributed by atoms with E-state index >= 15 is 0 Å². The Kier molecular flexibility index (Phi) is 4.16. The molecule has 0 bridgehead atoms. The second kappa shape index (κ2) is 5.63. The third-order valence-corrected chi connectivity index (χ3v) is 3.85. The van der Waals surface area contributed by atoms with Gasteiger partial charge in [-0.1, -0.05) is 19.9 Å². The third kappa shape index (κ3) is 3.53. The normalized spacial score (nSPS) is 31.1. The molecule has 1 fully saturated rings.